The fourth-order valence-corrected chi connectivity index (χ4v) is 2.58. The number of halogens is 2. The Kier molecular flexibility index (Phi) is 5.93. The van der Waals surface area contributed by atoms with Crippen LogP contribution in [0.1, 0.15) is 18.1 Å². The average Bonchev–Trinajstić information content (AvgIpc) is 2.29. The molecule has 0 saturated heterocycles. The minimum absolute atomic E-state index is 0. The van der Waals surface area contributed by atoms with Crippen LogP contribution in [-0.2, 0) is 27.5 Å². The quantitative estimate of drug-likeness (QED) is 0.334. The van der Waals surface area contributed by atoms with Crippen molar-refractivity contribution in [3.8, 4) is 0 Å². The molecule has 1 aliphatic rings. The topological polar surface area (TPSA) is 0 Å². The van der Waals surface area contributed by atoms with Gasteiger partial charge in [-0.25, -0.2) is 0 Å². The van der Waals surface area contributed by atoms with Crippen molar-refractivity contribution < 1.29 is 24.4 Å². The Morgan fingerprint density at radius 2 is 1.77 bits per heavy atom. The van der Waals surface area contributed by atoms with Crippen LogP contribution >= 0.6 is 48.0 Å². The molecule has 3 heteroatoms. The van der Waals surface area contributed by atoms with Gasteiger partial charge in [0.1, 0.15) is 0 Å². The van der Waals surface area contributed by atoms with Crippen molar-refractivity contribution in [3.05, 3.63) is 41.5 Å². The van der Waals surface area contributed by atoms with Gasteiger partial charge in [-0.15, -0.1) is 48.0 Å². The molecule has 0 aliphatic heterocycles. The zero-order valence-corrected chi connectivity index (χ0v) is 15.5. The summed E-state index contributed by atoms with van der Waals surface area (Å²) in [5, 5.41) is 0. The van der Waals surface area contributed by atoms with Gasteiger partial charge in [0.05, 0.1) is 0 Å². The molecule has 0 spiro atoms. The van der Waals surface area contributed by atoms with E-state index in [-0.39, 0.29) is 48.0 Å². The number of fused-ring (bicyclic) bond motifs is 1. The van der Waals surface area contributed by atoms with Crippen molar-refractivity contribution in [1.29, 1.82) is 0 Å². The van der Waals surface area contributed by atoms with Crippen molar-refractivity contribution >= 4 is 54.0 Å². The van der Waals surface area contributed by atoms with Crippen molar-refractivity contribution in [2.45, 2.75) is 10.1 Å². The van der Waals surface area contributed by atoms with E-state index in [0.717, 1.165) is 0 Å². The van der Waals surface area contributed by atoms with Crippen molar-refractivity contribution in [1.82, 2.24) is 0 Å². The van der Waals surface area contributed by atoms with E-state index in [0.29, 0.717) is 3.17 Å². The van der Waals surface area contributed by atoms with E-state index in [1.54, 1.807) is 0 Å². The molecule has 0 radical (unpaired) electrons. The van der Waals surface area contributed by atoms with Gasteiger partial charge in [-0.1, -0.05) is 0 Å². The molecule has 1 aliphatic carbocycles. The number of hydrogen-bond donors (Lipinski definition) is 0. The Hall–Kier alpha value is 1.29. The van der Waals surface area contributed by atoms with E-state index in [9.17, 15) is 0 Å². The summed E-state index contributed by atoms with van der Waals surface area (Å²) >= 11 is 1.20. The van der Waals surface area contributed by atoms with Crippen LogP contribution in [0.2, 0.25) is 0 Å². The van der Waals surface area contributed by atoms with Crippen LogP contribution in [-0.4, -0.2) is 0 Å². The Morgan fingerprint density at radius 1 is 1.15 bits per heavy atom. The number of allylic oxidation sites excluding steroid dienone is 1. The fourth-order valence-electron chi connectivity index (χ4n) is 1.46. The molecule has 0 fully saturated rings. The SMILES string of the molecule is C[C]1([Hf])C=Cc2ccccc21.I.I. The zero-order valence-electron chi connectivity index (χ0n) is 7.28. The molecule has 0 aromatic heterocycles. The largest absolute Gasteiger partial charge is 0.107 e. The third kappa shape index (κ3) is 2.87. The zero-order chi connectivity index (χ0) is 7.90. The number of benzene rings is 1. The Labute approximate surface area is 128 Å². The number of rotatable bonds is 0. The Morgan fingerprint density at radius 3 is 2.38 bits per heavy atom. The fraction of sp³-hybridized carbons (Fsp3) is 0.200. The molecule has 1 aromatic carbocycles. The molecule has 0 N–H and O–H groups in total. The summed E-state index contributed by atoms with van der Waals surface area (Å²) in [6.07, 6.45) is 4.56. The maximum absolute atomic E-state index is 2.32. The third-order valence-electron chi connectivity index (χ3n) is 2.12. The molecule has 1 aromatic rings. The van der Waals surface area contributed by atoms with Crippen LogP contribution < -0.4 is 0 Å². The van der Waals surface area contributed by atoms with Gasteiger partial charge in [-0.2, -0.15) is 0 Å². The standard InChI is InChI=1S/C10H9.Hf.2HI/c1-8-6-7-9-4-2-3-5-10(8)9;;;/h2-7H,1H3;;2*1H. The first-order chi connectivity index (χ1) is 5.20. The van der Waals surface area contributed by atoms with Gasteiger partial charge in [-0.3, -0.25) is 0 Å². The first-order valence-electron chi connectivity index (χ1n) is 3.74. The van der Waals surface area contributed by atoms with Gasteiger partial charge in [0.2, 0.25) is 0 Å². The first-order valence-corrected chi connectivity index (χ1v) is 5.53. The summed E-state index contributed by atoms with van der Waals surface area (Å²) in [5.74, 6) is 0. The molecule has 0 nitrogen and oxygen atoms in total. The first kappa shape index (κ1) is 14.3. The van der Waals surface area contributed by atoms with E-state index in [1.807, 2.05) is 0 Å². The van der Waals surface area contributed by atoms with E-state index in [2.05, 4.69) is 43.3 Å². The second kappa shape index (κ2) is 5.39. The van der Waals surface area contributed by atoms with Crippen LogP contribution in [0.25, 0.3) is 6.08 Å². The molecular formula is C10H11HfI2. The van der Waals surface area contributed by atoms with Crippen LogP contribution in [0.4, 0.5) is 0 Å². The molecule has 0 heterocycles. The average molecular weight is 563 g/mol. The summed E-state index contributed by atoms with van der Waals surface area (Å²) in [4.78, 5) is 0. The molecule has 69 valence electrons. The summed E-state index contributed by atoms with van der Waals surface area (Å²) in [5.41, 5.74) is 2.91. The van der Waals surface area contributed by atoms with Gasteiger partial charge in [0.25, 0.3) is 0 Å². The predicted octanol–water partition coefficient (Wildman–Crippen LogP) is 3.71. The van der Waals surface area contributed by atoms with E-state index in [1.165, 1.54) is 35.5 Å². The normalized spacial score (nSPS) is 22.8. The summed E-state index contributed by atoms with van der Waals surface area (Å²) in [6, 6.07) is 8.66. The van der Waals surface area contributed by atoms with E-state index in [4.69, 9.17) is 0 Å². The summed E-state index contributed by atoms with van der Waals surface area (Å²) in [6.45, 7) is 2.31. The van der Waals surface area contributed by atoms with Crippen LogP contribution in [0.3, 0.4) is 0 Å². The summed E-state index contributed by atoms with van der Waals surface area (Å²) < 4.78 is 0.386. The van der Waals surface area contributed by atoms with Gasteiger partial charge >= 0.3 is 82.0 Å². The van der Waals surface area contributed by atoms with Crippen LogP contribution in [0, 0.1) is 0 Å². The second-order valence-electron chi connectivity index (χ2n) is 3.12. The second-order valence-corrected chi connectivity index (χ2v) is 6.85. The maximum atomic E-state index is 2.32. The van der Waals surface area contributed by atoms with Crippen molar-refractivity contribution in [3.63, 3.8) is 0 Å². The van der Waals surface area contributed by atoms with Crippen molar-refractivity contribution in [2.24, 2.45) is 0 Å². The molecule has 0 bridgehead atoms. The van der Waals surface area contributed by atoms with Gasteiger partial charge in [0, 0.05) is 0 Å². The molecule has 0 saturated carbocycles. The van der Waals surface area contributed by atoms with E-state index >= 15 is 0 Å². The molecule has 0 amide bonds. The molecule has 1 unspecified atom stereocenters. The molecule has 2 rings (SSSR count). The maximum Gasteiger partial charge on any atom is -0.107 e. The van der Waals surface area contributed by atoms with Crippen molar-refractivity contribution in [2.75, 3.05) is 0 Å². The molecule has 13 heavy (non-hydrogen) atoms. The van der Waals surface area contributed by atoms with Crippen LogP contribution in [0.15, 0.2) is 30.3 Å². The minimum Gasteiger partial charge on any atom is -0.107 e. The number of hydrogen-bond acceptors (Lipinski definition) is 0. The van der Waals surface area contributed by atoms with Gasteiger partial charge in [-0.05, 0) is 0 Å². The Bertz CT molecular complexity index is 318. The predicted molar refractivity (Wildman–Crippen MR) is 73.7 cm³/mol. The van der Waals surface area contributed by atoms with Gasteiger partial charge < -0.3 is 0 Å². The molecule has 1 atom stereocenters. The van der Waals surface area contributed by atoms with Crippen LogP contribution in [0.5, 0.6) is 0 Å². The smallest absolute Gasteiger partial charge is 0.107 e. The molecular weight excluding hydrogens is 552 g/mol. The van der Waals surface area contributed by atoms with Gasteiger partial charge in [0.15, 0.2) is 0 Å². The summed E-state index contributed by atoms with van der Waals surface area (Å²) in [7, 11) is 0. The monoisotopic (exact) mass is 565 g/mol. The Balaban J connectivity index is 0.000000720. The van der Waals surface area contributed by atoms with E-state index < -0.39 is 0 Å². The third-order valence-corrected chi connectivity index (χ3v) is 3.68. The minimum atomic E-state index is 0.